The summed E-state index contributed by atoms with van der Waals surface area (Å²) in [4.78, 5) is 25.8. The zero-order chi connectivity index (χ0) is 17.5. The second kappa shape index (κ2) is 8.11. The highest BCUT2D eigenvalue weighted by Crippen LogP contribution is 2.15. The van der Waals surface area contributed by atoms with Crippen LogP contribution in [0.2, 0.25) is 0 Å². The molecule has 1 N–H and O–H groups in total. The number of hydrogen-bond acceptors (Lipinski definition) is 3. The van der Waals surface area contributed by atoms with Crippen LogP contribution in [0.15, 0.2) is 42.5 Å². The van der Waals surface area contributed by atoms with E-state index in [1.165, 1.54) is 0 Å². The molecule has 24 heavy (non-hydrogen) atoms. The minimum atomic E-state index is -0.193. The molecule has 0 bridgehead atoms. The summed E-state index contributed by atoms with van der Waals surface area (Å²) in [5.41, 5.74) is 0.576. The second-order valence-corrected chi connectivity index (χ2v) is 5.78. The van der Waals surface area contributed by atoms with Crippen molar-refractivity contribution in [1.82, 2.24) is 10.2 Å². The second-order valence-electron chi connectivity index (χ2n) is 5.78. The van der Waals surface area contributed by atoms with E-state index >= 15 is 0 Å². The van der Waals surface area contributed by atoms with Crippen LogP contribution >= 0.6 is 0 Å². The Morgan fingerprint density at radius 3 is 2.62 bits per heavy atom. The minimum absolute atomic E-state index is 0.0865. The lowest BCUT2D eigenvalue weighted by Gasteiger charge is -2.23. The molecule has 0 saturated carbocycles. The van der Waals surface area contributed by atoms with Gasteiger partial charge in [-0.3, -0.25) is 9.59 Å². The summed E-state index contributed by atoms with van der Waals surface area (Å²) in [6, 6.07) is 15.3. The lowest BCUT2D eigenvalue weighted by atomic mass is 10.1. The molecule has 2 amide bonds. The molecule has 0 heterocycles. The molecule has 0 aliphatic heterocycles. The molecule has 0 radical (unpaired) electrons. The van der Waals surface area contributed by atoms with Crippen molar-refractivity contribution < 1.29 is 9.59 Å². The molecule has 2 rings (SSSR count). The van der Waals surface area contributed by atoms with Crippen LogP contribution in [0.1, 0.15) is 30.1 Å². The van der Waals surface area contributed by atoms with E-state index in [2.05, 4.69) is 11.4 Å². The van der Waals surface area contributed by atoms with E-state index in [-0.39, 0.29) is 30.8 Å². The van der Waals surface area contributed by atoms with Crippen molar-refractivity contribution in [3.05, 3.63) is 48.0 Å². The highest BCUT2D eigenvalue weighted by atomic mass is 16.2. The van der Waals surface area contributed by atoms with Crippen LogP contribution in [0, 0.1) is 11.3 Å². The predicted molar refractivity (Wildman–Crippen MR) is 93.4 cm³/mol. The summed E-state index contributed by atoms with van der Waals surface area (Å²) < 4.78 is 0. The maximum atomic E-state index is 12.2. The summed E-state index contributed by atoms with van der Waals surface area (Å²) in [5.74, 6) is -0.280. The first-order chi connectivity index (χ1) is 11.5. The molecule has 0 saturated heterocycles. The third-order valence-electron chi connectivity index (χ3n) is 4.08. The van der Waals surface area contributed by atoms with Gasteiger partial charge in [-0.2, -0.15) is 5.26 Å². The molecular formula is C19H21N3O2. The minimum Gasteiger partial charge on any atom is -0.352 e. The van der Waals surface area contributed by atoms with Gasteiger partial charge in [-0.05, 0) is 29.8 Å². The van der Waals surface area contributed by atoms with Gasteiger partial charge in [0.15, 0.2) is 0 Å². The number of nitriles is 1. The van der Waals surface area contributed by atoms with Gasteiger partial charge in [-0.15, -0.1) is 0 Å². The number of carbonyl (C=O) groups excluding carboxylic acids is 2. The van der Waals surface area contributed by atoms with Gasteiger partial charge in [0.25, 0.3) is 5.91 Å². The van der Waals surface area contributed by atoms with Crippen molar-refractivity contribution in [1.29, 1.82) is 5.26 Å². The molecule has 0 aliphatic carbocycles. The van der Waals surface area contributed by atoms with E-state index in [0.29, 0.717) is 12.0 Å². The van der Waals surface area contributed by atoms with Gasteiger partial charge in [-0.1, -0.05) is 30.3 Å². The van der Waals surface area contributed by atoms with E-state index < -0.39 is 0 Å². The smallest absolute Gasteiger partial charge is 0.251 e. The number of benzene rings is 2. The Labute approximate surface area is 141 Å². The van der Waals surface area contributed by atoms with Crippen molar-refractivity contribution in [2.75, 3.05) is 13.6 Å². The molecule has 2 aromatic rings. The molecule has 5 heteroatoms. The van der Waals surface area contributed by atoms with Crippen LogP contribution in [0.4, 0.5) is 0 Å². The van der Waals surface area contributed by atoms with Gasteiger partial charge in [0.1, 0.15) is 0 Å². The van der Waals surface area contributed by atoms with E-state index in [1.54, 1.807) is 18.0 Å². The van der Waals surface area contributed by atoms with Crippen LogP contribution in [0.3, 0.4) is 0 Å². The number of amides is 2. The third-order valence-corrected chi connectivity index (χ3v) is 4.08. The maximum absolute atomic E-state index is 12.2. The molecule has 0 fully saturated rings. The first-order valence-electron chi connectivity index (χ1n) is 7.92. The monoisotopic (exact) mass is 323 g/mol. The summed E-state index contributed by atoms with van der Waals surface area (Å²) in [6.45, 7) is 2.10. The SMILES string of the molecule is CC(CC#N)N(C)C(=O)CCNC(=O)c1ccc2ccccc2c1. The van der Waals surface area contributed by atoms with Gasteiger partial charge in [0.05, 0.1) is 12.5 Å². The zero-order valence-corrected chi connectivity index (χ0v) is 14.0. The van der Waals surface area contributed by atoms with Crippen molar-refractivity contribution in [3.63, 3.8) is 0 Å². The van der Waals surface area contributed by atoms with Gasteiger partial charge in [0, 0.05) is 31.6 Å². The highest BCUT2D eigenvalue weighted by Gasteiger charge is 2.15. The van der Waals surface area contributed by atoms with Crippen LogP contribution in [-0.2, 0) is 4.79 Å². The van der Waals surface area contributed by atoms with Crippen LogP contribution in [-0.4, -0.2) is 36.3 Å². The molecule has 124 valence electrons. The molecule has 0 spiro atoms. The fourth-order valence-electron chi connectivity index (χ4n) is 2.41. The fraction of sp³-hybridized carbons (Fsp3) is 0.316. The van der Waals surface area contributed by atoms with Gasteiger partial charge in [0.2, 0.25) is 5.91 Å². The molecular weight excluding hydrogens is 302 g/mol. The highest BCUT2D eigenvalue weighted by molar-refractivity contribution is 5.98. The largest absolute Gasteiger partial charge is 0.352 e. The normalized spacial score (nSPS) is 11.5. The first-order valence-corrected chi connectivity index (χ1v) is 7.92. The Kier molecular flexibility index (Phi) is 5.91. The molecule has 0 aromatic heterocycles. The topological polar surface area (TPSA) is 73.2 Å². The van der Waals surface area contributed by atoms with Crippen molar-refractivity contribution in [2.24, 2.45) is 0 Å². The standard InChI is InChI=1S/C19H21N3O2/c1-14(9-11-20)22(2)18(23)10-12-21-19(24)17-8-7-15-5-3-4-6-16(15)13-17/h3-8,13-14H,9-10,12H2,1-2H3,(H,21,24). The van der Waals surface area contributed by atoms with Crippen LogP contribution < -0.4 is 5.32 Å². The third kappa shape index (κ3) is 4.32. The lowest BCUT2D eigenvalue weighted by Crippen LogP contribution is -2.37. The Morgan fingerprint density at radius 2 is 1.92 bits per heavy atom. The predicted octanol–water partition coefficient (Wildman–Crippen LogP) is 2.72. The number of carbonyl (C=O) groups is 2. The summed E-state index contributed by atoms with van der Waals surface area (Å²) >= 11 is 0. The maximum Gasteiger partial charge on any atom is 0.251 e. The Hall–Kier alpha value is -2.87. The van der Waals surface area contributed by atoms with Gasteiger partial charge < -0.3 is 10.2 Å². The molecule has 2 aromatic carbocycles. The fourth-order valence-corrected chi connectivity index (χ4v) is 2.41. The Balaban J connectivity index is 1.88. The van der Waals surface area contributed by atoms with E-state index in [1.807, 2.05) is 43.3 Å². The van der Waals surface area contributed by atoms with Crippen LogP contribution in [0.25, 0.3) is 10.8 Å². The quantitative estimate of drug-likeness (QED) is 0.888. The molecule has 1 unspecified atom stereocenters. The average molecular weight is 323 g/mol. The van der Waals surface area contributed by atoms with Crippen molar-refractivity contribution in [3.8, 4) is 6.07 Å². The van der Waals surface area contributed by atoms with Gasteiger partial charge in [-0.25, -0.2) is 0 Å². The Bertz CT molecular complexity index is 780. The van der Waals surface area contributed by atoms with Crippen molar-refractivity contribution in [2.45, 2.75) is 25.8 Å². The molecule has 1 atom stereocenters. The first kappa shape index (κ1) is 17.5. The van der Waals surface area contributed by atoms with E-state index in [0.717, 1.165) is 10.8 Å². The number of nitrogens with zero attached hydrogens (tertiary/aromatic N) is 2. The lowest BCUT2D eigenvalue weighted by molar-refractivity contribution is -0.131. The average Bonchev–Trinajstić information content (AvgIpc) is 2.60. The van der Waals surface area contributed by atoms with E-state index in [9.17, 15) is 9.59 Å². The number of fused-ring (bicyclic) bond motifs is 1. The number of rotatable bonds is 6. The molecule has 0 aliphatic rings. The zero-order valence-electron chi connectivity index (χ0n) is 14.0. The number of nitrogens with one attached hydrogen (secondary N) is 1. The summed E-state index contributed by atoms with van der Waals surface area (Å²) in [7, 11) is 1.68. The summed E-state index contributed by atoms with van der Waals surface area (Å²) in [5, 5.41) is 13.5. The molecule has 5 nitrogen and oxygen atoms in total. The van der Waals surface area contributed by atoms with E-state index in [4.69, 9.17) is 5.26 Å². The number of hydrogen-bond donors (Lipinski definition) is 1. The van der Waals surface area contributed by atoms with Crippen molar-refractivity contribution >= 4 is 22.6 Å². The summed E-state index contributed by atoms with van der Waals surface area (Å²) in [6.07, 6.45) is 0.511. The van der Waals surface area contributed by atoms with Crippen LogP contribution in [0.5, 0.6) is 0 Å². The Morgan fingerprint density at radius 1 is 1.21 bits per heavy atom. The van der Waals surface area contributed by atoms with Gasteiger partial charge >= 0.3 is 0 Å².